The first-order chi connectivity index (χ1) is 7.56. The van der Waals surface area contributed by atoms with E-state index >= 15 is 0 Å². The van der Waals surface area contributed by atoms with E-state index < -0.39 is 0 Å². The fourth-order valence-electron chi connectivity index (χ4n) is 2.33. The van der Waals surface area contributed by atoms with Crippen LogP contribution in [0.1, 0.15) is 79.1 Å². The first-order valence-electron chi connectivity index (χ1n) is 7.35. The molecule has 0 radical (unpaired) electrons. The molecule has 0 saturated carbocycles. The van der Waals surface area contributed by atoms with Gasteiger partial charge in [0.25, 0.3) is 0 Å². The molecule has 0 amide bonds. The van der Waals surface area contributed by atoms with Crippen molar-refractivity contribution >= 4 is 0 Å². The normalized spacial score (nSPS) is 14.5. The topological polar surface area (TPSA) is 0 Å². The number of rotatable bonds is 10. The average Bonchev–Trinajstić information content (AvgIpc) is 2.17. The van der Waals surface area contributed by atoms with Gasteiger partial charge in [-0.3, -0.25) is 0 Å². The summed E-state index contributed by atoms with van der Waals surface area (Å²) in [5, 5.41) is 0. The summed E-state index contributed by atoms with van der Waals surface area (Å²) in [7, 11) is 0. The predicted molar refractivity (Wildman–Crippen MR) is 75.5 cm³/mol. The largest absolute Gasteiger partial charge is 0.343 e. The monoisotopic (exact) mass is 409 g/mol. The van der Waals surface area contributed by atoms with Gasteiger partial charge in [0.2, 0.25) is 0 Å². The van der Waals surface area contributed by atoms with Gasteiger partial charge in [-0.25, -0.2) is 0 Å². The average molecular weight is 409 g/mol. The Hall–Kier alpha value is 0.688. The van der Waals surface area contributed by atoms with Gasteiger partial charge in [0, 0.05) is 21.1 Å². The van der Waals surface area contributed by atoms with Crippen LogP contribution in [-0.4, -0.2) is 0 Å². The van der Waals surface area contributed by atoms with Crippen LogP contribution in [0.3, 0.4) is 0 Å². The Morgan fingerprint density at radius 2 is 1.12 bits per heavy atom. The minimum absolute atomic E-state index is 0. The van der Waals surface area contributed by atoms with Crippen molar-refractivity contribution in [2.24, 2.45) is 17.8 Å². The van der Waals surface area contributed by atoms with Crippen molar-refractivity contribution in [2.75, 3.05) is 0 Å². The van der Waals surface area contributed by atoms with Crippen LogP contribution in [0.2, 0.25) is 0 Å². The maximum Gasteiger partial charge on any atom is 0 e. The van der Waals surface area contributed by atoms with E-state index in [2.05, 4.69) is 34.6 Å². The number of hydrogen-bond donors (Lipinski definition) is 0. The minimum Gasteiger partial charge on any atom is -0.343 e. The molecule has 0 saturated heterocycles. The fraction of sp³-hybridized carbons (Fsp3) is 0.938. The standard InChI is InChI=1S/C16H33.W/c1-6-9-15(4)12-8-13-16(5)11-7-10-14(2)3;/h14-16H,1,6-13H2,2-5H3;/q-1;. The van der Waals surface area contributed by atoms with Gasteiger partial charge in [-0.2, -0.15) is 6.42 Å². The van der Waals surface area contributed by atoms with E-state index in [9.17, 15) is 0 Å². The van der Waals surface area contributed by atoms with Crippen molar-refractivity contribution in [1.29, 1.82) is 0 Å². The molecule has 0 aliphatic rings. The van der Waals surface area contributed by atoms with Crippen LogP contribution in [0.25, 0.3) is 0 Å². The van der Waals surface area contributed by atoms with Crippen molar-refractivity contribution in [3.63, 3.8) is 0 Å². The molecule has 0 aromatic heterocycles. The Labute approximate surface area is 125 Å². The molecule has 2 atom stereocenters. The molecule has 0 fully saturated rings. The molecule has 17 heavy (non-hydrogen) atoms. The van der Waals surface area contributed by atoms with E-state index in [-0.39, 0.29) is 21.1 Å². The zero-order valence-electron chi connectivity index (χ0n) is 12.5. The van der Waals surface area contributed by atoms with Crippen LogP contribution in [0, 0.1) is 24.7 Å². The maximum atomic E-state index is 3.93. The third-order valence-electron chi connectivity index (χ3n) is 3.57. The second kappa shape index (κ2) is 13.1. The summed E-state index contributed by atoms with van der Waals surface area (Å²) in [6.45, 7) is 13.4. The van der Waals surface area contributed by atoms with Gasteiger partial charge < -0.3 is 6.92 Å². The Morgan fingerprint density at radius 1 is 0.706 bits per heavy atom. The third-order valence-corrected chi connectivity index (χ3v) is 3.57. The van der Waals surface area contributed by atoms with Crippen LogP contribution in [0.15, 0.2) is 0 Å². The first kappa shape index (κ1) is 20.0. The van der Waals surface area contributed by atoms with Crippen LogP contribution >= 0.6 is 0 Å². The fourth-order valence-corrected chi connectivity index (χ4v) is 2.33. The summed E-state index contributed by atoms with van der Waals surface area (Å²) in [6, 6.07) is 0. The number of hydrogen-bond acceptors (Lipinski definition) is 0. The Balaban J connectivity index is 0. The van der Waals surface area contributed by atoms with Crippen molar-refractivity contribution in [3.8, 4) is 0 Å². The molecule has 104 valence electrons. The molecule has 0 nitrogen and oxygen atoms in total. The van der Waals surface area contributed by atoms with E-state index in [1.807, 2.05) is 0 Å². The van der Waals surface area contributed by atoms with Crippen molar-refractivity contribution in [3.05, 3.63) is 6.92 Å². The molecule has 0 aromatic rings. The third kappa shape index (κ3) is 14.6. The summed E-state index contributed by atoms with van der Waals surface area (Å²) >= 11 is 0. The van der Waals surface area contributed by atoms with Gasteiger partial charge in [-0.15, -0.1) is 0 Å². The van der Waals surface area contributed by atoms with Crippen molar-refractivity contribution < 1.29 is 21.1 Å². The van der Waals surface area contributed by atoms with E-state index in [1.165, 1.54) is 44.9 Å². The zero-order valence-corrected chi connectivity index (χ0v) is 15.4. The van der Waals surface area contributed by atoms with Gasteiger partial charge in [0.15, 0.2) is 0 Å². The Kier molecular flexibility index (Phi) is 15.5. The smallest absolute Gasteiger partial charge is 0 e. The summed E-state index contributed by atoms with van der Waals surface area (Å²) in [5.41, 5.74) is 0. The summed E-state index contributed by atoms with van der Waals surface area (Å²) in [6.07, 6.45) is 10.9. The molecule has 0 bridgehead atoms. The van der Waals surface area contributed by atoms with Crippen LogP contribution in [0.5, 0.6) is 0 Å². The van der Waals surface area contributed by atoms with Crippen molar-refractivity contribution in [2.45, 2.75) is 79.1 Å². The minimum atomic E-state index is 0. The van der Waals surface area contributed by atoms with Crippen LogP contribution in [0.4, 0.5) is 0 Å². The molecule has 0 N–H and O–H groups in total. The van der Waals surface area contributed by atoms with Gasteiger partial charge in [0.1, 0.15) is 0 Å². The Morgan fingerprint density at radius 3 is 1.53 bits per heavy atom. The quantitative estimate of drug-likeness (QED) is 0.396. The van der Waals surface area contributed by atoms with E-state index in [1.54, 1.807) is 0 Å². The van der Waals surface area contributed by atoms with Gasteiger partial charge in [0.05, 0.1) is 0 Å². The molecule has 2 unspecified atom stereocenters. The second-order valence-corrected chi connectivity index (χ2v) is 6.11. The van der Waals surface area contributed by atoms with E-state index in [0.29, 0.717) is 0 Å². The van der Waals surface area contributed by atoms with Gasteiger partial charge >= 0.3 is 0 Å². The van der Waals surface area contributed by atoms with Crippen molar-refractivity contribution in [1.82, 2.24) is 0 Å². The molecular formula is C16H33W-. The summed E-state index contributed by atoms with van der Waals surface area (Å²) in [5.74, 6) is 2.70. The molecule has 0 rings (SSSR count). The molecule has 0 aliphatic heterocycles. The van der Waals surface area contributed by atoms with Crippen LogP contribution in [-0.2, 0) is 21.1 Å². The SMILES string of the molecule is [CH2-]CCC(C)CCCC(C)CCCC(C)C.[W]. The molecule has 0 heterocycles. The van der Waals surface area contributed by atoms with Gasteiger partial charge in [-0.1, -0.05) is 72.6 Å². The van der Waals surface area contributed by atoms with E-state index in [0.717, 1.165) is 24.2 Å². The van der Waals surface area contributed by atoms with E-state index in [4.69, 9.17) is 0 Å². The first-order valence-corrected chi connectivity index (χ1v) is 7.35. The maximum absolute atomic E-state index is 3.93. The van der Waals surface area contributed by atoms with Crippen LogP contribution < -0.4 is 0 Å². The zero-order chi connectivity index (χ0) is 12.4. The molecule has 0 aromatic carbocycles. The molecule has 0 spiro atoms. The summed E-state index contributed by atoms with van der Waals surface area (Å²) < 4.78 is 0. The molecule has 1 heteroatoms. The van der Waals surface area contributed by atoms with Gasteiger partial charge in [-0.05, 0) is 17.8 Å². The summed E-state index contributed by atoms with van der Waals surface area (Å²) in [4.78, 5) is 0. The predicted octanol–water partition coefficient (Wildman–Crippen LogP) is 5.87. The Bertz CT molecular complexity index is 142. The molecule has 0 aliphatic carbocycles. The molecular weight excluding hydrogens is 376 g/mol. The second-order valence-electron chi connectivity index (χ2n) is 6.11.